The molecule has 1 aromatic heterocycles. The second-order valence-corrected chi connectivity index (χ2v) is 7.34. The number of carbonyl (C=O) groups is 3. The van der Waals surface area contributed by atoms with Crippen LogP contribution in [0.4, 0.5) is 10.1 Å². The van der Waals surface area contributed by atoms with Crippen LogP contribution in [0, 0.1) is 5.82 Å². The molecule has 0 aliphatic carbocycles. The molecule has 3 aromatic rings. The molecule has 0 fully saturated rings. The highest BCUT2D eigenvalue weighted by atomic mass is 35.5. The fourth-order valence-electron chi connectivity index (χ4n) is 2.85. The van der Waals surface area contributed by atoms with Crippen molar-refractivity contribution in [3.63, 3.8) is 0 Å². The molecule has 1 heterocycles. The van der Waals surface area contributed by atoms with E-state index in [1.807, 2.05) is 0 Å². The van der Waals surface area contributed by atoms with Gasteiger partial charge < -0.3 is 16.4 Å². The fourth-order valence-corrected chi connectivity index (χ4v) is 3.11. The molecule has 0 bridgehead atoms. The molecule has 3 amide bonds. The summed E-state index contributed by atoms with van der Waals surface area (Å²) >= 11 is 5.91. The van der Waals surface area contributed by atoms with Crippen molar-refractivity contribution < 1.29 is 18.8 Å². The largest absolute Gasteiger partial charge is 0.364 e. The third-order valence-electron chi connectivity index (χ3n) is 4.21. The molecule has 31 heavy (non-hydrogen) atoms. The first-order valence-electron chi connectivity index (χ1n) is 9.22. The third kappa shape index (κ3) is 4.89. The number of amides is 3. The summed E-state index contributed by atoms with van der Waals surface area (Å²) in [6, 6.07) is 9.73. The standard InChI is InChI=1S/C21H19ClFN5O3/c1-11(2)26-21(31)17-18(19(24)29)28(10-25-17)14-6-4-13(5-7-14)27-20(30)15-8-3-12(23)9-16(15)22/h3-11H,1-2H3,(H2,24,29)(H,26,31)(H,27,30). The quantitative estimate of drug-likeness (QED) is 0.542. The van der Waals surface area contributed by atoms with E-state index in [9.17, 15) is 18.8 Å². The Morgan fingerprint density at radius 3 is 2.35 bits per heavy atom. The highest BCUT2D eigenvalue weighted by Crippen LogP contribution is 2.21. The number of primary amides is 1. The van der Waals surface area contributed by atoms with Crippen LogP contribution in [-0.2, 0) is 0 Å². The number of nitrogens with two attached hydrogens (primary N) is 1. The van der Waals surface area contributed by atoms with Crippen LogP contribution < -0.4 is 16.4 Å². The van der Waals surface area contributed by atoms with Gasteiger partial charge in [-0.05, 0) is 56.3 Å². The zero-order valence-electron chi connectivity index (χ0n) is 16.6. The number of aromatic nitrogens is 2. The van der Waals surface area contributed by atoms with Crippen LogP contribution in [0.5, 0.6) is 0 Å². The number of carbonyl (C=O) groups excluding carboxylic acids is 3. The Morgan fingerprint density at radius 1 is 1.10 bits per heavy atom. The summed E-state index contributed by atoms with van der Waals surface area (Å²) in [5.74, 6) is -2.37. The summed E-state index contributed by atoms with van der Waals surface area (Å²) < 4.78 is 14.6. The number of imidazole rings is 1. The Bertz CT molecular complexity index is 1160. The van der Waals surface area contributed by atoms with E-state index in [4.69, 9.17) is 17.3 Å². The van der Waals surface area contributed by atoms with Gasteiger partial charge in [-0.3, -0.25) is 19.0 Å². The molecule has 0 aliphatic heterocycles. The van der Waals surface area contributed by atoms with Gasteiger partial charge in [0, 0.05) is 17.4 Å². The number of nitrogens with one attached hydrogen (secondary N) is 2. The van der Waals surface area contributed by atoms with Gasteiger partial charge in [-0.2, -0.15) is 0 Å². The highest BCUT2D eigenvalue weighted by Gasteiger charge is 2.23. The molecule has 0 unspecified atom stereocenters. The Labute approximate surface area is 182 Å². The van der Waals surface area contributed by atoms with Crippen LogP contribution in [0.15, 0.2) is 48.8 Å². The topological polar surface area (TPSA) is 119 Å². The first-order chi connectivity index (χ1) is 14.7. The number of anilines is 1. The first kappa shape index (κ1) is 22.0. The SMILES string of the molecule is CC(C)NC(=O)c1ncn(-c2ccc(NC(=O)c3ccc(F)cc3Cl)cc2)c1C(N)=O. The first-order valence-corrected chi connectivity index (χ1v) is 9.60. The maximum absolute atomic E-state index is 13.2. The summed E-state index contributed by atoms with van der Waals surface area (Å²) in [5.41, 5.74) is 6.40. The van der Waals surface area contributed by atoms with Crippen molar-refractivity contribution in [2.75, 3.05) is 5.32 Å². The summed E-state index contributed by atoms with van der Waals surface area (Å²) in [4.78, 5) is 40.7. The van der Waals surface area contributed by atoms with E-state index in [2.05, 4.69) is 15.6 Å². The van der Waals surface area contributed by atoms with Gasteiger partial charge in [-0.25, -0.2) is 9.37 Å². The molecule has 0 spiro atoms. The lowest BCUT2D eigenvalue weighted by Crippen LogP contribution is -2.32. The lowest BCUT2D eigenvalue weighted by molar-refractivity contribution is 0.0921. The molecule has 0 aliphatic rings. The summed E-state index contributed by atoms with van der Waals surface area (Å²) in [7, 11) is 0. The summed E-state index contributed by atoms with van der Waals surface area (Å²) in [6.07, 6.45) is 1.32. The molecule has 3 rings (SSSR count). The van der Waals surface area contributed by atoms with Crippen molar-refractivity contribution in [2.45, 2.75) is 19.9 Å². The van der Waals surface area contributed by atoms with Crippen LogP contribution >= 0.6 is 11.6 Å². The van der Waals surface area contributed by atoms with Gasteiger partial charge in [0.15, 0.2) is 5.69 Å². The van der Waals surface area contributed by atoms with Gasteiger partial charge in [-0.1, -0.05) is 11.6 Å². The van der Waals surface area contributed by atoms with E-state index in [-0.39, 0.29) is 28.0 Å². The predicted octanol–water partition coefficient (Wildman–Crippen LogP) is 3.15. The molecule has 10 heteroatoms. The number of nitrogens with zero attached hydrogens (tertiary/aromatic N) is 2. The minimum absolute atomic E-state index is 0.00848. The van der Waals surface area contributed by atoms with Crippen molar-refractivity contribution in [2.24, 2.45) is 5.73 Å². The molecule has 4 N–H and O–H groups in total. The zero-order chi connectivity index (χ0) is 22.7. The van der Waals surface area contributed by atoms with Gasteiger partial charge in [0.2, 0.25) is 0 Å². The van der Waals surface area contributed by atoms with Crippen molar-refractivity contribution >= 4 is 35.0 Å². The van der Waals surface area contributed by atoms with Crippen molar-refractivity contribution in [3.8, 4) is 5.69 Å². The second kappa shape index (κ2) is 8.97. The molecule has 2 aromatic carbocycles. The van der Waals surface area contributed by atoms with Crippen molar-refractivity contribution in [1.29, 1.82) is 0 Å². The van der Waals surface area contributed by atoms with E-state index >= 15 is 0 Å². The molecule has 0 saturated carbocycles. The van der Waals surface area contributed by atoms with E-state index in [1.165, 1.54) is 17.0 Å². The number of halogens is 2. The van der Waals surface area contributed by atoms with Gasteiger partial charge in [-0.15, -0.1) is 0 Å². The fraction of sp³-hybridized carbons (Fsp3) is 0.143. The van der Waals surface area contributed by atoms with Crippen LogP contribution in [0.25, 0.3) is 5.69 Å². The van der Waals surface area contributed by atoms with Crippen LogP contribution in [-0.4, -0.2) is 33.3 Å². The molecule has 0 atom stereocenters. The Kier molecular flexibility index (Phi) is 6.36. The molecule has 160 valence electrons. The lowest BCUT2D eigenvalue weighted by atomic mass is 10.2. The normalized spacial score (nSPS) is 10.7. The smallest absolute Gasteiger partial charge is 0.272 e. The summed E-state index contributed by atoms with van der Waals surface area (Å²) in [5, 5.41) is 5.31. The highest BCUT2D eigenvalue weighted by molar-refractivity contribution is 6.34. The molecular formula is C21H19ClFN5O3. The molecule has 8 nitrogen and oxygen atoms in total. The average molecular weight is 444 g/mol. The number of rotatable bonds is 6. The molecule has 0 radical (unpaired) electrons. The Morgan fingerprint density at radius 2 is 1.77 bits per heavy atom. The number of benzene rings is 2. The van der Waals surface area contributed by atoms with Crippen LogP contribution in [0.3, 0.4) is 0 Å². The average Bonchev–Trinajstić information content (AvgIpc) is 3.13. The number of hydrogen-bond donors (Lipinski definition) is 3. The second-order valence-electron chi connectivity index (χ2n) is 6.93. The maximum Gasteiger partial charge on any atom is 0.272 e. The van der Waals surface area contributed by atoms with Crippen molar-refractivity contribution in [1.82, 2.24) is 14.9 Å². The van der Waals surface area contributed by atoms with Crippen LogP contribution in [0.2, 0.25) is 5.02 Å². The van der Waals surface area contributed by atoms with E-state index in [0.717, 1.165) is 12.1 Å². The zero-order valence-corrected chi connectivity index (χ0v) is 17.4. The minimum Gasteiger partial charge on any atom is -0.364 e. The van der Waals surface area contributed by atoms with Crippen LogP contribution in [0.1, 0.15) is 45.2 Å². The van der Waals surface area contributed by atoms with Gasteiger partial charge in [0.1, 0.15) is 17.8 Å². The Balaban J connectivity index is 1.84. The molecule has 0 saturated heterocycles. The number of hydrogen-bond acceptors (Lipinski definition) is 4. The van der Waals surface area contributed by atoms with Gasteiger partial charge in [0.25, 0.3) is 17.7 Å². The van der Waals surface area contributed by atoms with Gasteiger partial charge in [0.05, 0.1) is 10.6 Å². The summed E-state index contributed by atoms with van der Waals surface area (Å²) in [6.45, 7) is 3.57. The van der Waals surface area contributed by atoms with E-state index in [1.54, 1.807) is 38.1 Å². The third-order valence-corrected chi connectivity index (χ3v) is 4.53. The Hall–Kier alpha value is -3.72. The van der Waals surface area contributed by atoms with Crippen molar-refractivity contribution in [3.05, 3.63) is 76.6 Å². The predicted molar refractivity (Wildman–Crippen MR) is 114 cm³/mol. The van der Waals surface area contributed by atoms with Gasteiger partial charge >= 0.3 is 0 Å². The maximum atomic E-state index is 13.2. The monoisotopic (exact) mass is 443 g/mol. The van der Waals surface area contributed by atoms with E-state index < -0.39 is 23.5 Å². The molecular weight excluding hydrogens is 425 g/mol. The minimum atomic E-state index is -0.810. The lowest BCUT2D eigenvalue weighted by Gasteiger charge is -2.11. The van der Waals surface area contributed by atoms with E-state index in [0.29, 0.717) is 11.4 Å².